The number of pyridine rings is 1. The van der Waals surface area contributed by atoms with Gasteiger partial charge in [-0.2, -0.15) is 18.4 Å². The molecule has 1 unspecified atom stereocenters. The van der Waals surface area contributed by atoms with Gasteiger partial charge in [0, 0.05) is 54.0 Å². The van der Waals surface area contributed by atoms with Crippen molar-refractivity contribution >= 4 is 0 Å². The minimum atomic E-state index is -4.71. The predicted molar refractivity (Wildman–Crippen MR) is 125 cm³/mol. The molecule has 6 rings (SSSR count). The number of nitrogens with zero attached hydrogens (tertiary/aromatic N) is 2. The molecule has 1 saturated carbocycles. The van der Waals surface area contributed by atoms with Crippen LogP contribution in [0, 0.1) is 16.7 Å². The number of aliphatic hydroxyl groups is 2. The average Bonchev–Trinajstić information content (AvgIpc) is 3.53. The van der Waals surface area contributed by atoms with Crippen LogP contribution in [0.5, 0.6) is 0 Å². The number of nitriles is 1. The van der Waals surface area contributed by atoms with Crippen LogP contribution in [0.1, 0.15) is 103 Å². The Bertz CT molecular complexity index is 1320. The molecule has 2 fully saturated rings. The number of aliphatic hydroxyl groups excluding tert-OH is 1. The first kappa shape index (κ1) is 24.8. The van der Waals surface area contributed by atoms with Gasteiger partial charge < -0.3 is 19.7 Å². The van der Waals surface area contributed by atoms with Crippen LogP contribution in [-0.4, -0.2) is 28.4 Å². The van der Waals surface area contributed by atoms with E-state index >= 15 is 0 Å². The number of hydrogen-bond acceptors (Lipinski definition) is 6. The molecule has 1 saturated heterocycles. The molecule has 0 bridgehead atoms. The van der Waals surface area contributed by atoms with Crippen molar-refractivity contribution in [2.24, 2.45) is 5.41 Å². The van der Waals surface area contributed by atoms with Gasteiger partial charge in [0.1, 0.15) is 5.60 Å². The van der Waals surface area contributed by atoms with Crippen molar-refractivity contribution < 1.29 is 32.9 Å². The molecule has 2 N–H and O–H groups in total. The summed E-state index contributed by atoms with van der Waals surface area (Å²) in [6, 6.07) is 4.67. The number of halogens is 3. The third-order valence-corrected chi connectivity index (χ3v) is 8.62. The van der Waals surface area contributed by atoms with Crippen molar-refractivity contribution in [2.75, 3.05) is 13.2 Å². The van der Waals surface area contributed by atoms with Crippen molar-refractivity contribution in [1.29, 1.82) is 5.26 Å². The molecular formula is C28H29F3N2O4. The highest BCUT2D eigenvalue weighted by Crippen LogP contribution is 2.62. The summed E-state index contributed by atoms with van der Waals surface area (Å²) in [6.45, 7) is 4.65. The van der Waals surface area contributed by atoms with Gasteiger partial charge in [-0.15, -0.1) is 0 Å². The van der Waals surface area contributed by atoms with E-state index in [0.29, 0.717) is 54.9 Å². The molecule has 2 aromatic rings. The lowest BCUT2D eigenvalue weighted by molar-refractivity contribution is -0.251. The standard InChI is InChI=1S/C28H29F3N2O4/c1-15(2)24-23-22(21-19(33-24)12-25(5-6-25)13-20(21)34)26(7-9-36-10-8-26)37-27(23,35)17-3-4-18(28(29,30)31)16(11-17)14-32/h3-4,11,15,20,34-35H,5-10,12-13H2,1-2H3/t20-,27?/m0/s1. The Kier molecular flexibility index (Phi) is 5.36. The second-order valence-corrected chi connectivity index (χ2v) is 11.4. The first-order chi connectivity index (χ1) is 17.4. The van der Waals surface area contributed by atoms with Gasteiger partial charge >= 0.3 is 6.18 Å². The smallest absolute Gasteiger partial charge is 0.388 e. The Hall–Kier alpha value is -2.51. The second-order valence-electron chi connectivity index (χ2n) is 11.4. The van der Waals surface area contributed by atoms with Crippen LogP contribution in [0.25, 0.3) is 0 Å². The van der Waals surface area contributed by atoms with Crippen molar-refractivity contribution in [1.82, 2.24) is 4.98 Å². The van der Waals surface area contributed by atoms with Crippen LogP contribution in [0.2, 0.25) is 0 Å². The number of ether oxygens (including phenoxy) is 2. The molecule has 2 aliphatic heterocycles. The number of fused-ring (bicyclic) bond motifs is 4. The van der Waals surface area contributed by atoms with Gasteiger partial charge in [0.2, 0.25) is 5.79 Å². The zero-order valence-corrected chi connectivity index (χ0v) is 20.8. The minimum absolute atomic E-state index is 0.0364. The van der Waals surface area contributed by atoms with Crippen LogP contribution < -0.4 is 0 Å². The van der Waals surface area contributed by atoms with Crippen LogP contribution in [-0.2, 0) is 33.5 Å². The fraction of sp³-hybridized carbons (Fsp3) is 0.571. The summed E-state index contributed by atoms with van der Waals surface area (Å²) in [5, 5.41) is 33.2. The Labute approximate surface area is 213 Å². The molecule has 1 aromatic heterocycles. The molecule has 1 aromatic carbocycles. The highest BCUT2D eigenvalue weighted by molar-refractivity contribution is 5.57. The minimum Gasteiger partial charge on any atom is -0.388 e. The zero-order valence-electron chi connectivity index (χ0n) is 20.8. The molecule has 196 valence electrons. The van der Waals surface area contributed by atoms with Crippen LogP contribution >= 0.6 is 0 Å². The Morgan fingerprint density at radius 3 is 2.43 bits per heavy atom. The molecule has 0 amide bonds. The van der Waals surface area contributed by atoms with Crippen molar-refractivity contribution in [3.8, 4) is 6.07 Å². The number of benzene rings is 1. The van der Waals surface area contributed by atoms with Gasteiger partial charge in [-0.25, -0.2) is 0 Å². The quantitative estimate of drug-likeness (QED) is 0.580. The van der Waals surface area contributed by atoms with E-state index in [-0.39, 0.29) is 16.9 Å². The lowest BCUT2D eigenvalue weighted by atomic mass is 9.73. The molecule has 9 heteroatoms. The second kappa shape index (κ2) is 8.00. The SMILES string of the molecule is CC(C)c1nc2c(c3c1C(O)(c1ccc(C(F)(F)F)c(C#N)c1)OC31CCOCC1)[C@@H](O)CC1(CC1)C2. The largest absolute Gasteiger partial charge is 0.417 e. The fourth-order valence-corrected chi connectivity index (χ4v) is 6.63. The maximum absolute atomic E-state index is 13.5. The van der Waals surface area contributed by atoms with Crippen molar-refractivity contribution in [3.63, 3.8) is 0 Å². The molecule has 37 heavy (non-hydrogen) atoms. The summed E-state index contributed by atoms with van der Waals surface area (Å²) in [6.07, 6.45) is -1.21. The maximum atomic E-state index is 13.5. The van der Waals surface area contributed by atoms with E-state index in [1.165, 1.54) is 6.07 Å². The molecular weight excluding hydrogens is 485 g/mol. The summed E-state index contributed by atoms with van der Waals surface area (Å²) in [4.78, 5) is 4.99. The Balaban J connectivity index is 1.63. The molecule has 0 radical (unpaired) electrons. The van der Waals surface area contributed by atoms with E-state index in [1.807, 2.05) is 13.8 Å². The monoisotopic (exact) mass is 514 g/mol. The average molecular weight is 515 g/mol. The van der Waals surface area contributed by atoms with Crippen molar-refractivity contribution in [2.45, 2.75) is 82.0 Å². The summed E-state index contributed by atoms with van der Waals surface area (Å²) >= 11 is 0. The van der Waals surface area contributed by atoms with E-state index in [4.69, 9.17) is 14.5 Å². The topological polar surface area (TPSA) is 95.6 Å². The normalized spacial score (nSPS) is 27.3. The molecule has 3 heterocycles. The summed E-state index contributed by atoms with van der Waals surface area (Å²) in [5.74, 6) is -2.28. The van der Waals surface area contributed by atoms with Crippen LogP contribution in [0.15, 0.2) is 18.2 Å². The number of aromatic nitrogens is 1. The predicted octanol–water partition coefficient (Wildman–Crippen LogP) is 5.08. The zero-order chi connectivity index (χ0) is 26.4. The summed E-state index contributed by atoms with van der Waals surface area (Å²) in [7, 11) is 0. The summed E-state index contributed by atoms with van der Waals surface area (Å²) in [5.41, 5.74) is 0.635. The first-order valence-corrected chi connectivity index (χ1v) is 12.8. The van der Waals surface area contributed by atoms with Crippen LogP contribution in [0.4, 0.5) is 13.2 Å². The van der Waals surface area contributed by atoms with Crippen LogP contribution in [0.3, 0.4) is 0 Å². The maximum Gasteiger partial charge on any atom is 0.417 e. The molecule has 2 spiro atoms. The third-order valence-electron chi connectivity index (χ3n) is 8.62. The third kappa shape index (κ3) is 3.64. The van der Waals surface area contributed by atoms with Gasteiger partial charge in [0.05, 0.1) is 29.0 Å². The fourth-order valence-electron chi connectivity index (χ4n) is 6.63. The highest BCUT2D eigenvalue weighted by Gasteiger charge is 2.60. The van der Waals surface area contributed by atoms with Gasteiger partial charge in [0.15, 0.2) is 0 Å². The van der Waals surface area contributed by atoms with Gasteiger partial charge in [-0.05, 0) is 49.1 Å². The van der Waals surface area contributed by atoms with Gasteiger partial charge in [0.25, 0.3) is 0 Å². The number of rotatable bonds is 2. The van der Waals surface area contributed by atoms with E-state index in [0.717, 1.165) is 37.1 Å². The Morgan fingerprint density at radius 2 is 1.84 bits per heavy atom. The Morgan fingerprint density at radius 1 is 1.14 bits per heavy atom. The molecule has 6 nitrogen and oxygen atoms in total. The van der Waals surface area contributed by atoms with Crippen molar-refractivity contribution in [3.05, 3.63) is 63.0 Å². The van der Waals surface area contributed by atoms with E-state index in [2.05, 4.69) is 0 Å². The first-order valence-electron chi connectivity index (χ1n) is 12.8. The molecule has 4 aliphatic rings. The van der Waals surface area contributed by atoms with Gasteiger partial charge in [-0.1, -0.05) is 19.9 Å². The number of hydrogen-bond donors (Lipinski definition) is 2. The molecule has 2 aliphatic carbocycles. The number of alkyl halides is 3. The van der Waals surface area contributed by atoms with E-state index < -0.39 is 34.8 Å². The summed E-state index contributed by atoms with van der Waals surface area (Å²) < 4.78 is 52.8. The van der Waals surface area contributed by atoms with E-state index in [1.54, 1.807) is 6.07 Å². The lowest BCUT2D eigenvalue weighted by Crippen LogP contribution is -2.38. The molecule has 2 atom stereocenters. The lowest BCUT2D eigenvalue weighted by Gasteiger charge is -2.38. The van der Waals surface area contributed by atoms with Gasteiger partial charge in [-0.3, -0.25) is 4.98 Å². The highest BCUT2D eigenvalue weighted by atomic mass is 19.4. The van der Waals surface area contributed by atoms with E-state index in [9.17, 15) is 28.6 Å².